The van der Waals surface area contributed by atoms with E-state index in [9.17, 15) is 19.5 Å². The summed E-state index contributed by atoms with van der Waals surface area (Å²) in [6.45, 7) is 7.83. The molecule has 2 unspecified atom stereocenters. The number of ether oxygens (including phenoxy) is 1. The van der Waals surface area contributed by atoms with Crippen molar-refractivity contribution in [1.82, 2.24) is 0 Å². The van der Waals surface area contributed by atoms with Crippen LogP contribution in [0.4, 0.5) is 0 Å². The number of aliphatic hydroxyl groups excluding tert-OH is 1. The zero-order valence-corrected chi connectivity index (χ0v) is 20.1. The van der Waals surface area contributed by atoms with Crippen LogP contribution in [0.25, 0.3) is 0 Å². The van der Waals surface area contributed by atoms with Crippen molar-refractivity contribution in [3.05, 3.63) is 36.0 Å². The lowest BCUT2D eigenvalue weighted by Gasteiger charge is -2.58. The highest BCUT2D eigenvalue weighted by molar-refractivity contribution is 9.09. The van der Waals surface area contributed by atoms with Gasteiger partial charge in [0.2, 0.25) is 0 Å². The van der Waals surface area contributed by atoms with Crippen LogP contribution in [0, 0.1) is 34.5 Å². The van der Waals surface area contributed by atoms with Gasteiger partial charge < -0.3 is 9.84 Å². The van der Waals surface area contributed by atoms with Crippen LogP contribution in [0.2, 0.25) is 0 Å². The fourth-order valence-corrected chi connectivity index (χ4v) is 7.74. The monoisotopic (exact) mass is 490 g/mol. The van der Waals surface area contributed by atoms with Crippen LogP contribution in [0.3, 0.4) is 0 Å². The molecule has 1 N–H and O–H groups in total. The number of ketones is 2. The van der Waals surface area contributed by atoms with Crippen molar-refractivity contribution in [2.24, 2.45) is 34.5 Å². The molecule has 6 heteroatoms. The zero-order valence-electron chi connectivity index (χ0n) is 18.6. The van der Waals surface area contributed by atoms with E-state index in [2.05, 4.69) is 28.9 Å². The number of rotatable bonds is 4. The fourth-order valence-electron chi connectivity index (χ4n) is 7.32. The Morgan fingerprint density at radius 3 is 2.65 bits per heavy atom. The molecule has 0 bridgehead atoms. The fraction of sp³-hybridized carbons (Fsp3) is 0.640. The Hall–Kier alpha value is -1.53. The number of carbonyl (C=O) groups is 3. The van der Waals surface area contributed by atoms with Crippen LogP contribution in [0.1, 0.15) is 47.0 Å². The molecule has 4 aliphatic carbocycles. The summed E-state index contributed by atoms with van der Waals surface area (Å²) in [7, 11) is 0. The third kappa shape index (κ3) is 2.93. The molecular weight excluding hydrogens is 460 g/mol. The first-order valence-electron chi connectivity index (χ1n) is 11.2. The average molecular weight is 491 g/mol. The van der Waals surface area contributed by atoms with Gasteiger partial charge in [0.05, 0.1) is 11.4 Å². The molecule has 0 amide bonds. The summed E-state index contributed by atoms with van der Waals surface area (Å²) in [5.74, 6) is -0.720. The quantitative estimate of drug-likeness (QED) is 0.476. The molecule has 4 aliphatic rings. The lowest BCUT2D eigenvalue weighted by atomic mass is 9.47. The maximum atomic E-state index is 13.4. The first-order chi connectivity index (χ1) is 14.5. The summed E-state index contributed by atoms with van der Waals surface area (Å²) in [5.41, 5.74) is -1.46. The Labute approximate surface area is 192 Å². The molecule has 0 aliphatic heterocycles. The number of alkyl halides is 1. The number of carbonyl (C=O) groups excluding carboxylic acids is 3. The van der Waals surface area contributed by atoms with E-state index in [0.29, 0.717) is 6.42 Å². The number of halogens is 1. The summed E-state index contributed by atoms with van der Waals surface area (Å²) in [6.07, 6.45) is 9.92. The van der Waals surface area contributed by atoms with Gasteiger partial charge in [-0.25, -0.2) is 0 Å². The highest BCUT2D eigenvalue weighted by atomic mass is 79.9. The molecule has 0 aromatic heterocycles. The standard InChI is InChI=1S/C25H31BrO5/c1-5-21(30)31-25(20(29)13-26)14(2)10-18-17-7-6-15-11-16(27)8-9-23(15,3)22(17)19(28)12-24(18,25)4/h6-9,11,14,17-19,22,28H,5,10,12-13H2,1-4H3/t14?,17-,18-,19?,22+,23-,24-,25-/m0/s1. The van der Waals surface area contributed by atoms with E-state index in [1.54, 1.807) is 19.1 Å². The van der Waals surface area contributed by atoms with E-state index in [-0.39, 0.29) is 53.0 Å². The van der Waals surface area contributed by atoms with Crippen LogP contribution in [0.15, 0.2) is 36.0 Å². The minimum atomic E-state index is -1.26. The van der Waals surface area contributed by atoms with Crippen molar-refractivity contribution in [3.63, 3.8) is 0 Å². The lowest BCUT2D eigenvalue weighted by molar-refractivity contribution is -0.199. The molecule has 0 heterocycles. The Kier molecular flexibility index (Phi) is 5.49. The Bertz CT molecular complexity index is 919. The van der Waals surface area contributed by atoms with E-state index in [0.717, 1.165) is 12.0 Å². The molecule has 8 atom stereocenters. The Morgan fingerprint density at radius 2 is 2.00 bits per heavy atom. The first kappa shape index (κ1) is 22.7. The topological polar surface area (TPSA) is 80.7 Å². The molecule has 31 heavy (non-hydrogen) atoms. The highest BCUT2D eigenvalue weighted by Gasteiger charge is 2.72. The minimum absolute atomic E-state index is 0.0153. The Morgan fingerprint density at radius 1 is 1.29 bits per heavy atom. The summed E-state index contributed by atoms with van der Waals surface area (Å²) in [4.78, 5) is 37.8. The SMILES string of the molecule is CCC(=O)O[C@]1(C(=O)CBr)C(C)C[C@H]2[C@@H]3C=CC4=CC(=O)C=C[C@]4(C)[C@H]3C(O)C[C@@]21C. The molecule has 2 fully saturated rings. The second-order valence-corrected chi connectivity index (χ2v) is 10.7. The average Bonchev–Trinajstić information content (AvgIpc) is 2.94. The number of fused-ring (bicyclic) bond motifs is 5. The highest BCUT2D eigenvalue weighted by Crippen LogP contribution is 2.68. The smallest absolute Gasteiger partial charge is 0.306 e. The summed E-state index contributed by atoms with van der Waals surface area (Å²) >= 11 is 3.32. The first-order valence-corrected chi connectivity index (χ1v) is 12.3. The van der Waals surface area contributed by atoms with Crippen molar-refractivity contribution in [2.45, 2.75) is 58.7 Å². The third-order valence-corrected chi connectivity index (χ3v) is 9.21. The molecule has 0 aromatic rings. The predicted octanol–water partition coefficient (Wildman–Crippen LogP) is 3.94. The molecular formula is C25H31BrO5. The van der Waals surface area contributed by atoms with E-state index < -0.39 is 22.5 Å². The number of esters is 1. The molecule has 0 saturated heterocycles. The van der Waals surface area contributed by atoms with Gasteiger partial charge in [0.25, 0.3) is 0 Å². The maximum Gasteiger partial charge on any atom is 0.306 e. The van der Waals surface area contributed by atoms with Gasteiger partial charge in [-0.05, 0) is 42.4 Å². The summed E-state index contributed by atoms with van der Waals surface area (Å²) < 4.78 is 6.04. The van der Waals surface area contributed by atoms with Crippen molar-refractivity contribution in [2.75, 3.05) is 5.33 Å². The second-order valence-electron chi connectivity index (χ2n) is 10.1. The second kappa shape index (κ2) is 7.51. The predicted molar refractivity (Wildman–Crippen MR) is 120 cm³/mol. The van der Waals surface area contributed by atoms with Crippen LogP contribution in [-0.4, -0.2) is 39.7 Å². The van der Waals surface area contributed by atoms with Crippen molar-refractivity contribution in [1.29, 1.82) is 0 Å². The van der Waals surface area contributed by atoms with Gasteiger partial charge in [0, 0.05) is 29.1 Å². The van der Waals surface area contributed by atoms with Crippen LogP contribution in [-0.2, 0) is 19.1 Å². The molecule has 4 rings (SSSR count). The van der Waals surface area contributed by atoms with Gasteiger partial charge >= 0.3 is 5.97 Å². The van der Waals surface area contributed by atoms with E-state index in [4.69, 9.17) is 4.74 Å². The molecule has 2 saturated carbocycles. The van der Waals surface area contributed by atoms with Gasteiger partial charge in [-0.1, -0.05) is 61.9 Å². The summed E-state index contributed by atoms with van der Waals surface area (Å²) in [6, 6.07) is 0. The van der Waals surface area contributed by atoms with E-state index in [1.807, 2.05) is 26.0 Å². The molecule has 5 nitrogen and oxygen atoms in total. The lowest BCUT2D eigenvalue weighted by Crippen LogP contribution is -2.63. The van der Waals surface area contributed by atoms with E-state index in [1.165, 1.54) is 0 Å². The van der Waals surface area contributed by atoms with Gasteiger partial charge in [-0.2, -0.15) is 0 Å². The summed E-state index contributed by atoms with van der Waals surface area (Å²) in [5, 5.41) is 11.6. The van der Waals surface area contributed by atoms with Crippen molar-refractivity contribution in [3.8, 4) is 0 Å². The van der Waals surface area contributed by atoms with Gasteiger partial charge in [0.15, 0.2) is 17.2 Å². The normalized spacial score (nSPS) is 45.4. The number of hydrogen-bond acceptors (Lipinski definition) is 5. The number of allylic oxidation sites excluding steroid dienone is 6. The molecule has 0 aromatic carbocycles. The molecule has 168 valence electrons. The van der Waals surface area contributed by atoms with Gasteiger partial charge in [-0.3, -0.25) is 14.4 Å². The van der Waals surface area contributed by atoms with E-state index >= 15 is 0 Å². The number of hydrogen-bond donors (Lipinski definition) is 1. The molecule has 0 radical (unpaired) electrons. The maximum absolute atomic E-state index is 13.4. The van der Waals surface area contributed by atoms with Crippen LogP contribution >= 0.6 is 15.9 Å². The van der Waals surface area contributed by atoms with Crippen molar-refractivity contribution < 1.29 is 24.2 Å². The van der Waals surface area contributed by atoms with Gasteiger partial charge in [-0.15, -0.1) is 0 Å². The molecule has 0 spiro atoms. The number of Topliss-reactive ketones (excluding diaryl/α,β-unsaturated/α-hetero) is 1. The van der Waals surface area contributed by atoms with Gasteiger partial charge in [0.1, 0.15) is 0 Å². The van der Waals surface area contributed by atoms with Crippen LogP contribution < -0.4 is 0 Å². The van der Waals surface area contributed by atoms with Crippen LogP contribution in [0.5, 0.6) is 0 Å². The Balaban J connectivity index is 1.84. The third-order valence-electron chi connectivity index (χ3n) is 8.70. The zero-order chi connectivity index (χ0) is 22.8. The van der Waals surface area contributed by atoms with Crippen molar-refractivity contribution >= 4 is 33.5 Å². The minimum Gasteiger partial charge on any atom is -0.450 e. The largest absolute Gasteiger partial charge is 0.450 e. The number of aliphatic hydroxyl groups is 1.